The highest BCUT2D eigenvalue weighted by molar-refractivity contribution is 5.85. The molecule has 0 saturated carbocycles. The van der Waals surface area contributed by atoms with Crippen LogP contribution in [0.25, 0.3) is 0 Å². The number of hydrogen-bond donors (Lipinski definition) is 2. The monoisotopic (exact) mass is 400 g/mol. The average Bonchev–Trinajstić information content (AvgIpc) is 3.03. The lowest BCUT2D eigenvalue weighted by Crippen LogP contribution is -2.39. The van der Waals surface area contributed by atoms with E-state index >= 15 is 0 Å². The van der Waals surface area contributed by atoms with Crippen LogP contribution in [-0.2, 0) is 13.1 Å². The second-order valence-electron chi connectivity index (χ2n) is 6.81. The first-order valence-corrected chi connectivity index (χ1v) is 8.83. The molecule has 3 rings (SSSR count). The summed E-state index contributed by atoms with van der Waals surface area (Å²) in [6.45, 7) is 4.32. The molecule has 1 atom stereocenters. The molecule has 26 heavy (non-hydrogen) atoms. The fourth-order valence-electron chi connectivity index (χ4n) is 3.42. The van der Waals surface area contributed by atoms with Gasteiger partial charge in [0.25, 0.3) is 0 Å². The Kier molecular flexibility index (Phi) is 10.2. The van der Waals surface area contributed by atoms with Gasteiger partial charge in [0.2, 0.25) is 0 Å². The lowest BCUT2D eigenvalue weighted by molar-refractivity contribution is 0.0553. The number of imidazole rings is 1. The van der Waals surface area contributed by atoms with Crippen molar-refractivity contribution in [2.45, 2.75) is 32.0 Å². The molecule has 2 heterocycles. The summed E-state index contributed by atoms with van der Waals surface area (Å²) >= 11 is 0. The predicted octanol–water partition coefficient (Wildman–Crippen LogP) is 2.57. The molecule has 1 saturated heterocycles. The Hall–Kier alpha value is -1.11. The Balaban J connectivity index is 0.00000169. The molecule has 0 bridgehead atoms. The molecule has 0 amide bonds. The summed E-state index contributed by atoms with van der Waals surface area (Å²) in [5, 5.41) is 13.8. The lowest BCUT2D eigenvalue weighted by atomic mass is 9.92. The molecule has 1 aromatic heterocycles. The smallest absolute Gasteiger partial charge is 0.123 e. The number of likely N-dealkylation sites (N-methyl/N-ethyl adjacent to an activating group) is 1. The summed E-state index contributed by atoms with van der Waals surface area (Å²) in [5.74, 6) is 1.46. The topological polar surface area (TPSA) is 53.3 Å². The number of rotatable bonds is 7. The number of nitrogens with one attached hydrogen (secondary N) is 1. The van der Waals surface area contributed by atoms with Gasteiger partial charge in [-0.25, -0.2) is 4.98 Å². The summed E-state index contributed by atoms with van der Waals surface area (Å²) in [4.78, 5) is 6.68. The Labute approximate surface area is 168 Å². The third kappa shape index (κ3) is 6.56. The van der Waals surface area contributed by atoms with Crippen LogP contribution in [0.5, 0.6) is 0 Å². The number of benzene rings is 1. The standard InChI is InChI=1S/C19H28N4O.2ClH/c1-22(14-18(24)17-7-9-20-10-8-17)15-19-21-11-12-23(19)13-16-5-3-2-4-6-16;;/h2-6,11-12,17-18,20,24H,7-10,13-15H2,1H3;2*1H. The normalized spacial score (nSPS) is 16.0. The summed E-state index contributed by atoms with van der Waals surface area (Å²) < 4.78 is 2.18. The van der Waals surface area contributed by atoms with Crippen LogP contribution in [0.4, 0.5) is 0 Å². The molecule has 1 aliphatic rings. The van der Waals surface area contributed by atoms with Gasteiger partial charge in [0, 0.05) is 25.5 Å². The van der Waals surface area contributed by atoms with Gasteiger partial charge in [-0.3, -0.25) is 4.90 Å². The van der Waals surface area contributed by atoms with Gasteiger partial charge in [0.1, 0.15) is 5.82 Å². The maximum Gasteiger partial charge on any atom is 0.123 e. The van der Waals surface area contributed by atoms with Crippen molar-refractivity contribution in [2.75, 3.05) is 26.7 Å². The molecular formula is C19H30Cl2N4O. The zero-order valence-electron chi connectivity index (χ0n) is 15.3. The maximum absolute atomic E-state index is 10.5. The highest BCUT2D eigenvalue weighted by Crippen LogP contribution is 2.17. The van der Waals surface area contributed by atoms with Crippen LogP contribution in [0, 0.1) is 5.92 Å². The van der Waals surface area contributed by atoms with Gasteiger partial charge in [-0.05, 0) is 44.5 Å². The van der Waals surface area contributed by atoms with E-state index in [1.165, 1.54) is 5.56 Å². The molecule has 0 aliphatic carbocycles. The van der Waals surface area contributed by atoms with Crippen molar-refractivity contribution < 1.29 is 5.11 Å². The summed E-state index contributed by atoms with van der Waals surface area (Å²) in [6, 6.07) is 10.4. The second-order valence-corrected chi connectivity index (χ2v) is 6.81. The number of aromatic nitrogens is 2. The van der Waals surface area contributed by atoms with Crippen LogP contribution < -0.4 is 5.32 Å². The van der Waals surface area contributed by atoms with E-state index in [4.69, 9.17) is 0 Å². The molecule has 2 aromatic rings. The molecule has 1 unspecified atom stereocenters. The van der Waals surface area contributed by atoms with Crippen LogP contribution in [0.3, 0.4) is 0 Å². The zero-order valence-corrected chi connectivity index (χ0v) is 16.9. The average molecular weight is 401 g/mol. The Morgan fingerprint density at radius 1 is 1.23 bits per heavy atom. The first kappa shape index (κ1) is 22.9. The number of hydrogen-bond acceptors (Lipinski definition) is 4. The highest BCUT2D eigenvalue weighted by Gasteiger charge is 2.23. The van der Waals surface area contributed by atoms with E-state index in [2.05, 4.69) is 51.1 Å². The maximum atomic E-state index is 10.5. The Bertz CT molecular complexity index is 617. The zero-order chi connectivity index (χ0) is 16.8. The van der Waals surface area contributed by atoms with E-state index in [0.29, 0.717) is 12.5 Å². The number of piperidine rings is 1. The fraction of sp³-hybridized carbons (Fsp3) is 0.526. The number of aliphatic hydroxyl groups excluding tert-OH is 1. The third-order valence-corrected chi connectivity index (χ3v) is 4.84. The molecule has 0 spiro atoms. The molecule has 1 aliphatic heterocycles. The van der Waals surface area contributed by atoms with Crippen LogP contribution >= 0.6 is 24.8 Å². The van der Waals surface area contributed by atoms with E-state index in [-0.39, 0.29) is 30.9 Å². The van der Waals surface area contributed by atoms with Gasteiger partial charge in [-0.1, -0.05) is 30.3 Å². The molecule has 5 nitrogen and oxygen atoms in total. The van der Waals surface area contributed by atoms with Crippen LogP contribution in [-0.4, -0.2) is 52.3 Å². The Morgan fingerprint density at radius 3 is 2.62 bits per heavy atom. The van der Waals surface area contributed by atoms with Crippen molar-refractivity contribution in [2.24, 2.45) is 5.92 Å². The van der Waals surface area contributed by atoms with Crippen molar-refractivity contribution in [3.05, 3.63) is 54.1 Å². The van der Waals surface area contributed by atoms with E-state index < -0.39 is 0 Å². The molecule has 1 fully saturated rings. The fourth-order valence-corrected chi connectivity index (χ4v) is 3.42. The predicted molar refractivity (Wildman–Crippen MR) is 110 cm³/mol. The number of halogens is 2. The van der Waals surface area contributed by atoms with E-state index in [9.17, 15) is 5.11 Å². The summed E-state index contributed by atoms with van der Waals surface area (Å²) in [7, 11) is 2.06. The third-order valence-electron chi connectivity index (χ3n) is 4.84. The van der Waals surface area contributed by atoms with E-state index in [1.54, 1.807) is 0 Å². The second kappa shape index (κ2) is 11.6. The van der Waals surface area contributed by atoms with Crippen molar-refractivity contribution in [1.82, 2.24) is 19.8 Å². The molecule has 2 N–H and O–H groups in total. The van der Waals surface area contributed by atoms with E-state index in [1.807, 2.05) is 18.5 Å². The quantitative estimate of drug-likeness (QED) is 0.749. The van der Waals surface area contributed by atoms with Crippen LogP contribution in [0.2, 0.25) is 0 Å². The minimum Gasteiger partial charge on any atom is -0.392 e. The lowest BCUT2D eigenvalue weighted by Gasteiger charge is -2.30. The SMILES string of the molecule is CN(Cc1nccn1Cc1ccccc1)CC(O)C1CCNCC1.Cl.Cl. The van der Waals surface area contributed by atoms with Crippen molar-refractivity contribution in [3.63, 3.8) is 0 Å². The van der Waals surface area contributed by atoms with Gasteiger partial charge in [-0.2, -0.15) is 0 Å². The largest absolute Gasteiger partial charge is 0.392 e. The molecule has 1 aromatic carbocycles. The van der Waals surface area contributed by atoms with Gasteiger partial charge in [-0.15, -0.1) is 24.8 Å². The van der Waals surface area contributed by atoms with Gasteiger partial charge < -0.3 is 15.0 Å². The first-order valence-electron chi connectivity index (χ1n) is 8.83. The minimum atomic E-state index is -0.255. The van der Waals surface area contributed by atoms with Crippen molar-refractivity contribution >= 4 is 24.8 Å². The number of aliphatic hydroxyl groups is 1. The molecule has 7 heteroatoms. The van der Waals surface area contributed by atoms with Crippen LogP contribution in [0.15, 0.2) is 42.7 Å². The van der Waals surface area contributed by atoms with Crippen molar-refractivity contribution in [1.29, 1.82) is 0 Å². The molecule has 0 radical (unpaired) electrons. The van der Waals surface area contributed by atoms with Gasteiger partial charge in [0.05, 0.1) is 12.6 Å². The molecule has 146 valence electrons. The summed E-state index contributed by atoms with van der Waals surface area (Å²) in [5.41, 5.74) is 1.27. The van der Waals surface area contributed by atoms with Gasteiger partial charge >= 0.3 is 0 Å². The minimum absolute atomic E-state index is 0. The number of nitrogens with zero attached hydrogens (tertiary/aromatic N) is 3. The van der Waals surface area contributed by atoms with Gasteiger partial charge in [0.15, 0.2) is 0 Å². The van der Waals surface area contributed by atoms with Crippen LogP contribution in [0.1, 0.15) is 24.2 Å². The molecular weight excluding hydrogens is 371 g/mol. The highest BCUT2D eigenvalue weighted by atomic mass is 35.5. The summed E-state index contributed by atoms with van der Waals surface area (Å²) in [6.07, 6.45) is 5.76. The Morgan fingerprint density at radius 2 is 1.92 bits per heavy atom. The first-order chi connectivity index (χ1) is 11.7. The van der Waals surface area contributed by atoms with Crippen molar-refractivity contribution in [3.8, 4) is 0 Å². The van der Waals surface area contributed by atoms with E-state index in [0.717, 1.165) is 44.8 Å².